The third kappa shape index (κ3) is 3.75. The number of amides is 1. The fraction of sp³-hybridized carbons (Fsp3) is 0.333. The van der Waals surface area contributed by atoms with E-state index in [0.29, 0.717) is 53.0 Å². The van der Waals surface area contributed by atoms with Gasteiger partial charge in [0.25, 0.3) is 11.9 Å². The molecule has 9 nitrogen and oxygen atoms in total. The Labute approximate surface area is 200 Å². The molecule has 2 aliphatic heterocycles. The number of hydrogen-bond acceptors (Lipinski definition) is 7. The summed E-state index contributed by atoms with van der Waals surface area (Å²) in [5.41, 5.74) is 2.65. The van der Waals surface area contributed by atoms with Crippen LogP contribution in [-0.2, 0) is 0 Å². The van der Waals surface area contributed by atoms with Crippen LogP contribution >= 0.6 is 11.6 Å². The predicted octanol–water partition coefficient (Wildman–Crippen LogP) is 3.67. The molecular formula is C24H23ClN6O3. The first-order valence-electron chi connectivity index (χ1n) is 11.2. The molecule has 2 bridgehead atoms. The van der Waals surface area contributed by atoms with Gasteiger partial charge < -0.3 is 19.0 Å². The number of fused-ring (bicyclic) bond motifs is 3. The Morgan fingerprint density at radius 1 is 1.06 bits per heavy atom. The Morgan fingerprint density at radius 2 is 1.82 bits per heavy atom. The molecule has 2 aromatic heterocycles. The normalized spacial score (nSPS) is 20.1. The molecule has 174 valence electrons. The first-order chi connectivity index (χ1) is 16.6. The minimum absolute atomic E-state index is 0.0362. The van der Waals surface area contributed by atoms with Crippen molar-refractivity contribution >= 4 is 34.6 Å². The highest BCUT2D eigenvalue weighted by molar-refractivity contribution is 6.31. The molecule has 2 aromatic carbocycles. The topological polar surface area (TPSA) is 89.5 Å². The van der Waals surface area contributed by atoms with Crippen LogP contribution in [0.1, 0.15) is 16.8 Å². The minimum atomic E-state index is -0.0362. The van der Waals surface area contributed by atoms with Crippen molar-refractivity contribution in [3.8, 4) is 11.4 Å². The summed E-state index contributed by atoms with van der Waals surface area (Å²) in [6, 6.07) is 11.5. The number of likely N-dealkylation sites (tertiary alicyclic amines) is 1. The molecule has 4 heterocycles. The van der Waals surface area contributed by atoms with Crippen LogP contribution in [0.4, 0.5) is 6.01 Å². The van der Waals surface area contributed by atoms with Gasteiger partial charge in [-0.15, -0.1) is 0 Å². The summed E-state index contributed by atoms with van der Waals surface area (Å²) in [5.74, 6) is 1.24. The number of hydrogen-bond donors (Lipinski definition) is 0. The molecule has 0 radical (unpaired) electrons. The van der Waals surface area contributed by atoms with E-state index in [9.17, 15) is 4.79 Å². The van der Waals surface area contributed by atoms with Crippen LogP contribution in [0.25, 0.3) is 16.8 Å². The second kappa shape index (κ2) is 8.32. The van der Waals surface area contributed by atoms with Crippen LogP contribution in [0.3, 0.4) is 0 Å². The van der Waals surface area contributed by atoms with Crippen LogP contribution in [0.5, 0.6) is 5.75 Å². The quantitative estimate of drug-likeness (QED) is 0.442. The summed E-state index contributed by atoms with van der Waals surface area (Å²) in [6.45, 7) is 2.90. The van der Waals surface area contributed by atoms with Gasteiger partial charge in [-0.2, -0.15) is 20.0 Å². The van der Waals surface area contributed by atoms with Gasteiger partial charge in [0.05, 0.1) is 30.8 Å². The van der Waals surface area contributed by atoms with Gasteiger partial charge in [0.1, 0.15) is 11.3 Å². The molecule has 0 saturated carbocycles. The zero-order chi connectivity index (χ0) is 23.2. The van der Waals surface area contributed by atoms with Crippen molar-refractivity contribution in [2.45, 2.75) is 6.42 Å². The molecule has 0 aliphatic carbocycles. The smallest absolute Gasteiger partial charge is 0.298 e. The van der Waals surface area contributed by atoms with Crippen LogP contribution in [0, 0.1) is 11.8 Å². The molecular weight excluding hydrogens is 456 g/mol. The maximum absolute atomic E-state index is 13.7. The van der Waals surface area contributed by atoms with E-state index in [1.807, 2.05) is 29.2 Å². The number of methoxy groups -OCH3 is 1. The van der Waals surface area contributed by atoms with E-state index in [1.54, 1.807) is 31.6 Å². The number of carbonyl (C=O) groups excluding carboxylic acids is 1. The van der Waals surface area contributed by atoms with Gasteiger partial charge in [0.15, 0.2) is 5.58 Å². The summed E-state index contributed by atoms with van der Waals surface area (Å²) in [6.07, 6.45) is 4.27. The van der Waals surface area contributed by atoms with Crippen molar-refractivity contribution in [1.29, 1.82) is 0 Å². The largest absolute Gasteiger partial charge is 0.497 e. The molecule has 2 atom stereocenters. The number of ether oxygens (including phenoxy) is 1. The zero-order valence-corrected chi connectivity index (χ0v) is 19.4. The Hall–Kier alpha value is -3.59. The third-order valence-corrected chi connectivity index (χ3v) is 6.78. The van der Waals surface area contributed by atoms with Gasteiger partial charge in [0.2, 0.25) is 0 Å². The molecule has 0 spiro atoms. The molecule has 4 aromatic rings. The monoisotopic (exact) mass is 478 g/mol. The van der Waals surface area contributed by atoms with E-state index in [2.05, 4.69) is 20.1 Å². The SMILES string of the molecule is COc1ccc(-n2nccn2)c(C(=O)N2CC3CC(C2)CN(c2nc4cc(Cl)ccc4o2)C3)c1. The van der Waals surface area contributed by atoms with Crippen molar-refractivity contribution in [3.05, 3.63) is 59.4 Å². The van der Waals surface area contributed by atoms with E-state index in [-0.39, 0.29) is 5.91 Å². The second-order valence-electron chi connectivity index (χ2n) is 8.89. The predicted molar refractivity (Wildman–Crippen MR) is 127 cm³/mol. The first-order valence-corrected chi connectivity index (χ1v) is 11.6. The second-order valence-corrected chi connectivity index (χ2v) is 9.33. The van der Waals surface area contributed by atoms with Gasteiger partial charge >= 0.3 is 0 Å². The van der Waals surface area contributed by atoms with Gasteiger partial charge in [0, 0.05) is 31.2 Å². The van der Waals surface area contributed by atoms with E-state index < -0.39 is 0 Å². The molecule has 34 heavy (non-hydrogen) atoms. The molecule has 2 aliphatic rings. The van der Waals surface area contributed by atoms with Gasteiger partial charge in [-0.25, -0.2) is 0 Å². The first kappa shape index (κ1) is 21.0. The van der Waals surface area contributed by atoms with E-state index in [0.717, 1.165) is 30.6 Å². The maximum atomic E-state index is 13.7. The third-order valence-electron chi connectivity index (χ3n) is 6.55. The maximum Gasteiger partial charge on any atom is 0.298 e. The number of rotatable bonds is 4. The van der Waals surface area contributed by atoms with Gasteiger partial charge in [-0.3, -0.25) is 4.79 Å². The molecule has 2 fully saturated rings. The fourth-order valence-electron chi connectivity index (χ4n) is 5.12. The van der Waals surface area contributed by atoms with Gasteiger partial charge in [-0.1, -0.05) is 11.6 Å². The Bertz CT molecular complexity index is 1340. The zero-order valence-electron chi connectivity index (χ0n) is 18.6. The number of halogens is 1. The number of piperidine rings is 2. The lowest BCUT2D eigenvalue weighted by molar-refractivity contribution is 0.0561. The number of carbonyl (C=O) groups is 1. The standard InChI is InChI=1S/C24H23ClN6O3/c1-33-18-3-4-21(31-26-6-7-27-31)19(10-18)23(32)29-11-15-8-16(12-29)14-30(13-15)24-28-20-9-17(25)2-5-22(20)34-24/h2-7,9-10,15-16H,8,11-14H2,1H3. The van der Waals surface area contributed by atoms with E-state index in [1.165, 1.54) is 4.80 Å². The van der Waals surface area contributed by atoms with Crippen molar-refractivity contribution in [2.24, 2.45) is 11.8 Å². The summed E-state index contributed by atoms with van der Waals surface area (Å²) in [5, 5.41) is 9.07. The Balaban J connectivity index is 1.23. The highest BCUT2D eigenvalue weighted by atomic mass is 35.5. The molecule has 2 saturated heterocycles. The number of anilines is 1. The number of oxazole rings is 1. The molecule has 6 rings (SSSR count). The lowest BCUT2D eigenvalue weighted by Gasteiger charge is -2.45. The molecule has 10 heteroatoms. The highest BCUT2D eigenvalue weighted by Crippen LogP contribution is 2.34. The van der Waals surface area contributed by atoms with Crippen LogP contribution in [0.2, 0.25) is 5.02 Å². The Morgan fingerprint density at radius 3 is 2.56 bits per heavy atom. The number of nitrogens with zero attached hydrogens (tertiary/aromatic N) is 6. The summed E-state index contributed by atoms with van der Waals surface area (Å²) >= 11 is 6.10. The molecule has 1 amide bonds. The van der Waals surface area contributed by atoms with Crippen molar-refractivity contribution in [1.82, 2.24) is 24.9 Å². The number of aromatic nitrogens is 4. The van der Waals surface area contributed by atoms with Crippen molar-refractivity contribution in [2.75, 3.05) is 38.2 Å². The van der Waals surface area contributed by atoms with Crippen LogP contribution < -0.4 is 9.64 Å². The molecule has 2 unspecified atom stereocenters. The summed E-state index contributed by atoms with van der Waals surface area (Å²) < 4.78 is 11.4. The average molecular weight is 479 g/mol. The van der Waals surface area contributed by atoms with E-state index >= 15 is 0 Å². The van der Waals surface area contributed by atoms with Gasteiger partial charge in [-0.05, 0) is 54.7 Å². The summed E-state index contributed by atoms with van der Waals surface area (Å²) in [4.78, 5) is 23.9. The van der Waals surface area contributed by atoms with Crippen LogP contribution in [0.15, 0.2) is 53.2 Å². The number of benzene rings is 2. The Kier molecular flexibility index (Phi) is 5.13. The van der Waals surface area contributed by atoms with Crippen LogP contribution in [-0.4, -0.2) is 64.1 Å². The average Bonchev–Trinajstić information content (AvgIpc) is 3.52. The highest BCUT2D eigenvalue weighted by Gasteiger charge is 2.38. The van der Waals surface area contributed by atoms with Crippen molar-refractivity contribution in [3.63, 3.8) is 0 Å². The lowest BCUT2D eigenvalue weighted by atomic mass is 9.84. The van der Waals surface area contributed by atoms with E-state index in [4.69, 9.17) is 20.8 Å². The molecule has 0 N–H and O–H groups in total. The lowest BCUT2D eigenvalue weighted by Crippen LogP contribution is -2.54. The fourth-order valence-corrected chi connectivity index (χ4v) is 5.29. The minimum Gasteiger partial charge on any atom is -0.497 e. The van der Waals surface area contributed by atoms with Crippen molar-refractivity contribution < 1.29 is 13.9 Å². The summed E-state index contributed by atoms with van der Waals surface area (Å²) in [7, 11) is 1.59.